The first-order chi connectivity index (χ1) is 6.57. The van der Waals surface area contributed by atoms with Crippen molar-refractivity contribution in [1.29, 1.82) is 0 Å². The first-order valence-corrected chi connectivity index (χ1v) is 4.53. The van der Waals surface area contributed by atoms with E-state index < -0.39 is 0 Å². The molecule has 0 radical (unpaired) electrons. The third-order valence-electron chi connectivity index (χ3n) is 2.12. The average molecular weight is 194 g/mol. The van der Waals surface area contributed by atoms with Crippen LogP contribution in [0.3, 0.4) is 0 Å². The SMILES string of the molecule is CC(=O)c1cccc(OO)c1C(C)C. The van der Waals surface area contributed by atoms with Crippen LogP contribution in [0.5, 0.6) is 5.75 Å². The monoisotopic (exact) mass is 194 g/mol. The van der Waals surface area contributed by atoms with Crippen LogP contribution in [0.4, 0.5) is 0 Å². The lowest BCUT2D eigenvalue weighted by molar-refractivity contribution is -0.138. The maximum Gasteiger partial charge on any atom is 0.169 e. The second-order valence-corrected chi connectivity index (χ2v) is 3.52. The summed E-state index contributed by atoms with van der Waals surface area (Å²) in [4.78, 5) is 15.5. The summed E-state index contributed by atoms with van der Waals surface area (Å²) >= 11 is 0. The van der Waals surface area contributed by atoms with Crippen molar-refractivity contribution < 1.29 is 14.9 Å². The Labute approximate surface area is 83.3 Å². The van der Waals surface area contributed by atoms with Crippen LogP contribution in [0.2, 0.25) is 0 Å². The molecule has 0 atom stereocenters. The third kappa shape index (κ3) is 1.93. The summed E-state index contributed by atoms with van der Waals surface area (Å²) in [5, 5.41) is 8.66. The predicted molar refractivity (Wildman–Crippen MR) is 53.8 cm³/mol. The van der Waals surface area contributed by atoms with Gasteiger partial charge < -0.3 is 4.89 Å². The van der Waals surface area contributed by atoms with Gasteiger partial charge in [0.2, 0.25) is 0 Å². The van der Waals surface area contributed by atoms with Gasteiger partial charge in [-0.25, -0.2) is 5.26 Å². The Balaban J connectivity index is 3.35. The van der Waals surface area contributed by atoms with Crippen molar-refractivity contribution >= 4 is 5.78 Å². The highest BCUT2D eigenvalue weighted by Crippen LogP contribution is 2.29. The number of rotatable bonds is 3. The predicted octanol–water partition coefficient (Wildman–Crippen LogP) is 2.86. The zero-order chi connectivity index (χ0) is 10.7. The first-order valence-electron chi connectivity index (χ1n) is 4.53. The second kappa shape index (κ2) is 4.24. The van der Waals surface area contributed by atoms with E-state index in [2.05, 4.69) is 4.89 Å². The second-order valence-electron chi connectivity index (χ2n) is 3.52. The smallest absolute Gasteiger partial charge is 0.169 e. The summed E-state index contributed by atoms with van der Waals surface area (Å²) in [6.45, 7) is 5.40. The quantitative estimate of drug-likeness (QED) is 0.457. The third-order valence-corrected chi connectivity index (χ3v) is 2.12. The molecule has 14 heavy (non-hydrogen) atoms. The number of carbonyl (C=O) groups excluding carboxylic acids is 1. The van der Waals surface area contributed by atoms with Gasteiger partial charge >= 0.3 is 0 Å². The molecule has 0 bridgehead atoms. The van der Waals surface area contributed by atoms with Crippen LogP contribution in [0.15, 0.2) is 18.2 Å². The Morgan fingerprint density at radius 2 is 2.07 bits per heavy atom. The minimum Gasteiger partial charge on any atom is -0.340 e. The van der Waals surface area contributed by atoms with E-state index in [1.807, 2.05) is 13.8 Å². The van der Waals surface area contributed by atoms with Crippen molar-refractivity contribution in [2.45, 2.75) is 26.7 Å². The summed E-state index contributed by atoms with van der Waals surface area (Å²) < 4.78 is 0. The highest BCUT2D eigenvalue weighted by atomic mass is 17.1. The summed E-state index contributed by atoms with van der Waals surface area (Å²) in [7, 11) is 0. The fraction of sp³-hybridized carbons (Fsp3) is 0.364. The lowest BCUT2D eigenvalue weighted by Gasteiger charge is -2.13. The van der Waals surface area contributed by atoms with Crippen LogP contribution < -0.4 is 4.89 Å². The van der Waals surface area contributed by atoms with Gasteiger partial charge in [-0.1, -0.05) is 26.0 Å². The van der Waals surface area contributed by atoms with Crippen molar-refractivity contribution in [3.05, 3.63) is 29.3 Å². The Bertz CT molecular complexity index is 342. The van der Waals surface area contributed by atoms with Crippen LogP contribution in [-0.4, -0.2) is 11.0 Å². The molecule has 0 aromatic heterocycles. The molecule has 1 N–H and O–H groups in total. The van der Waals surface area contributed by atoms with E-state index in [0.717, 1.165) is 5.56 Å². The molecule has 0 amide bonds. The van der Waals surface area contributed by atoms with Gasteiger partial charge in [-0.05, 0) is 18.9 Å². The van der Waals surface area contributed by atoms with E-state index in [9.17, 15) is 4.79 Å². The van der Waals surface area contributed by atoms with Crippen molar-refractivity contribution in [1.82, 2.24) is 0 Å². The van der Waals surface area contributed by atoms with Gasteiger partial charge in [0.15, 0.2) is 11.5 Å². The Kier molecular flexibility index (Phi) is 3.25. The number of benzene rings is 1. The van der Waals surface area contributed by atoms with Crippen LogP contribution in [0.1, 0.15) is 42.6 Å². The average Bonchev–Trinajstić information content (AvgIpc) is 2.16. The lowest BCUT2D eigenvalue weighted by Crippen LogP contribution is -2.04. The van der Waals surface area contributed by atoms with Gasteiger partial charge in [-0.2, -0.15) is 0 Å². The number of hydrogen-bond donors (Lipinski definition) is 1. The van der Waals surface area contributed by atoms with Crippen LogP contribution in [-0.2, 0) is 0 Å². The molecular formula is C11H14O3. The van der Waals surface area contributed by atoms with Crippen LogP contribution in [0, 0.1) is 0 Å². The Hall–Kier alpha value is -1.35. The van der Waals surface area contributed by atoms with Gasteiger partial charge in [0, 0.05) is 11.1 Å². The van der Waals surface area contributed by atoms with E-state index in [4.69, 9.17) is 5.26 Å². The molecule has 0 heterocycles. The molecule has 0 aliphatic heterocycles. The van der Waals surface area contributed by atoms with Crippen molar-refractivity contribution in [2.75, 3.05) is 0 Å². The summed E-state index contributed by atoms with van der Waals surface area (Å²) in [6, 6.07) is 5.07. The molecular weight excluding hydrogens is 180 g/mol. The largest absolute Gasteiger partial charge is 0.340 e. The molecule has 3 heteroatoms. The van der Waals surface area contributed by atoms with Crippen LogP contribution in [0.25, 0.3) is 0 Å². The van der Waals surface area contributed by atoms with Gasteiger partial charge in [0.05, 0.1) is 0 Å². The van der Waals surface area contributed by atoms with Gasteiger partial charge in [0.25, 0.3) is 0 Å². The molecule has 3 nitrogen and oxygen atoms in total. The standard InChI is InChI=1S/C11H14O3/c1-7(2)11-9(8(3)12)5-4-6-10(11)14-13/h4-7,13H,1-3H3. The van der Waals surface area contributed by atoms with Gasteiger partial charge in [0.1, 0.15) is 0 Å². The maximum absolute atomic E-state index is 11.3. The minimum absolute atomic E-state index is 0.0207. The molecule has 0 aliphatic rings. The highest BCUT2D eigenvalue weighted by molar-refractivity contribution is 5.96. The van der Waals surface area contributed by atoms with Crippen molar-refractivity contribution in [3.8, 4) is 5.75 Å². The molecule has 0 unspecified atom stereocenters. The van der Waals surface area contributed by atoms with E-state index in [0.29, 0.717) is 11.3 Å². The Morgan fingerprint density at radius 3 is 2.50 bits per heavy atom. The molecule has 1 aromatic rings. The molecule has 0 saturated heterocycles. The van der Waals surface area contributed by atoms with Crippen LogP contribution >= 0.6 is 0 Å². The molecule has 1 aromatic carbocycles. The number of hydrogen-bond acceptors (Lipinski definition) is 3. The molecule has 0 aliphatic carbocycles. The van der Waals surface area contributed by atoms with E-state index in [1.165, 1.54) is 6.92 Å². The summed E-state index contributed by atoms with van der Waals surface area (Å²) in [5.41, 5.74) is 1.36. The van der Waals surface area contributed by atoms with Gasteiger partial charge in [-0.3, -0.25) is 4.79 Å². The molecule has 0 saturated carbocycles. The fourth-order valence-corrected chi connectivity index (χ4v) is 1.53. The van der Waals surface area contributed by atoms with Crippen molar-refractivity contribution in [3.63, 3.8) is 0 Å². The number of Topliss-reactive ketones (excluding diaryl/α,β-unsaturated/α-hetero) is 1. The van der Waals surface area contributed by atoms with E-state index >= 15 is 0 Å². The topological polar surface area (TPSA) is 46.5 Å². The molecule has 0 spiro atoms. The normalized spacial score (nSPS) is 10.4. The van der Waals surface area contributed by atoms with Crippen molar-refractivity contribution in [2.24, 2.45) is 0 Å². The van der Waals surface area contributed by atoms with E-state index in [1.54, 1.807) is 18.2 Å². The zero-order valence-electron chi connectivity index (χ0n) is 8.57. The van der Waals surface area contributed by atoms with Gasteiger partial charge in [-0.15, -0.1) is 0 Å². The maximum atomic E-state index is 11.3. The Morgan fingerprint density at radius 1 is 1.43 bits per heavy atom. The molecule has 76 valence electrons. The zero-order valence-corrected chi connectivity index (χ0v) is 8.57. The first kappa shape index (κ1) is 10.7. The molecule has 0 fully saturated rings. The minimum atomic E-state index is -0.0207. The molecule has 1 rings (SSSR count). The number of carbonyl (C=O) groups is 1. The summed E-state index contributed by atoms with van der Waals surface area (Å²) in [6.07, 6.45) is 0. The fourth-order valence-electron chi connectivity index (χ4n) is 1.53. The van der Waals surface area contributed by atoms with E-state index in [-0.39, 0.29) is 11.7 Å². The lowest BCUT2D eigenvalue weighted by atomic mass is 9.94. The number of ketones is 1. The summed E-state index contributed by atoms with van der Waals surface area (Å²) in [5.74, 6) is 0.470. The highest BCUT2D eigenvalue weighted by Gasteiger charge is 2.15.